The molecule has 19 heavy (non-hydrogen) atoms. The third-order valence-corrected chi connectivity index (χ3v) is 6.25. The van der Waals surface area contributed by atoms with Crippen LogP contribution in [-0.4, -0.2) is 45.6 Å². The Labute approximate surface area is 116 Å². The third-order valence-electron chi connectivity index (χ3n) is 4.71. The van der Waals surface area contributed by atoms with Crippen molar-refractivity contribution in [2.75, 3.05) is 20.7 Å². The maximum absolute atomic E-state index is 12.0. The van der Waals surface area contributed by atoms with Gasteiger partial charge in [-0.25, -0.2) is 0 Å². The van der Waals surface area contributed by atoms with Gasteiger partial charge in [-0.05, 0) is 26.2 Å². The molecule has 0 radical (unpaired) electrons. The van der Waals surface area contributed by atoms with Crippen molar-refractivity contribution in [2.45, 2.75) is 57.6 Å². The highest BCUT2D eigenvalue weighted by Crippen LogP contribution is 2.53. The Balaban J connectivity index is 2.09. The Morgan fingerprint density at radius 3 is 2.42 bits per heavy atom. The molecular formula is C13H26N2O3S. The summed E-state index contributed by atoms with van der Waals surface area (Å²) in [4.78, 5) is 0. The Bertz CT molecular complexity index is 402. The molecule has 1 spiro atoms. The normalized spacial score (nSPS) is 30.5. The van der Waals surface area contributed by atoms with Gasteiger partial charge in [-0.1, -0.05) is 19.3 Å². The van der Waals surface area contributed by atoms with Gasteiger partial charge in [0.15, 0.2) is 0 Å². The smallest absolute Gasteiger partial charge is 0.279 e. The molecule has 2 fully saturated rings. The number of rotatable bonds is 5. The minimum Gasteiger partial charge on any atom is -0.378 e. The van der Waals surface area contributed by atoms with Gasteiger partial charge in [0, 0.05) is 32.2 Å². The summed E-state index contributed by atoms with van der Waals surface area (Å²) in [5.74, 6) is 0. The lowest BCUT2D eigenvalue weighted by Gasteiger charge is -2.57. The van der Waals surface area contributed by atoms with Crippen molar-refractivity contribution in [1.82, 2.24) is 9.03 Å². The third kappa shape index (κ3) is 2.82. The number of nitrogens with zero attached hydrogens (tertiary/aromatic N) is 1. The first-order valence-electron chi connectivity index (χ1n) is 7.24. The zero-order chi connectivity index (χ0) is 14.1. The summed E-state index contributed by atoms with van der Waals surface area (Å²) in [6.45, 7) is 2.72. The molecule has 0 aliphatic heterocycles. The molecule has 5 nitrogen and oxygen atoms in total. The molecule has 2 aliphatic carbocycles. The van der Waals surface area contributed by atoms with E-state index in [4.69, 9.17) is 4.74 Å². The van der Waals surface area contributed by atoms with E-state index in [9.17, 15) is 8.42 Å². The summed E-state index contributed by atoms with van der Waals surface area (Å²) in [5.41, 5.74) is 0.0390. The highest BCUT2D eigenvalue weighted by Gasteiger charge is 2.56. The van der Waals surface area contributed by atoms with Crippen LogP contribution in [0.1, 0.15) is 45.4 Å². The van der Waals surface area contributed by atoms with Crippen molar-refractivity contribution in [2.24, 2.45) is 5.41 Å². The van der Waals surface area contributed by atoms with Crippen LogP contribution in [0.25, 0.3) is 0 Å². The van der Waals surface area contributed by atoms with Gasteiger partial charge in [0.05, 0.1) is 6.10 Å². The van der Waals surface area contributed by atoms with Crippen molar-refractivity contribution < 1.29 is 13.2 Å². The van der Waals surface area contributed by atoms with E-state index >= 15 is 0 Å². The molecule has 0 aromatic heterocycles. The van der Waals surface area contributed by atoms with Crippen LogP contribution in [0.3, 0.4) is 0 Å². The second-order valence-electron chi connectivity index (χ2n) is 5.93. The Morgan fingerprint density at radius 1 is 1.26 bits per heavy atom. The molecule has 1 N–H and O–H groups in total. The number of nitrogens with one attached hydrogen (secondary N) is 1. The molecule has 0 saturated heterocycles. The van der Waals surface area contributed by atoms with Crippen LogP contribution in [0.15, 0.2) is 0 Å². The van der Waals surface area contributed by atoms with Crippen molar-refractivity contribution >= 4 is 10.2 Å². The molecule has 2 atom stereocenters. The van der Waals surface area contributed by atoms with Gasteiger partial charge in [0.25, 0.3) is 10.2 Å². The number of hydrogen-bond donors (Lipinski definition) is 1. The summed E-state index contributed by atoms with van der Waals surface area (Å²) in [5, 5.41) is 0. The predicted molar refractivity (Wildman–Crippen MR) is 75.1 cm³/mol. The molecule has 2 saturated carbocycles. The molecule has 2 rings (SSSR count). The molecule has 6 heteroatoms. The fourth-order valence-corrected chi connectivity index (χ4v) is 4.41. The minimum absolute atomic E-state index is 0.0387. The Kier molecular flexibility index (Phi) is 4.55. The van der Waals surface area contributed by atoms with Gasteiger partial charge in [-0.2, -0.15) is 17.4 Å². The van der Waals surface area contributed by atoms with Crippen LogP contribution < -0.4 is 4.72 Å². The first-order chi connectivity index (χ1) is 8.92. The van der Waals surface area contributed by atoms with Gasteiger partial charge < -0.3 is 4.74 Å². The van der Waals surface area contributed by atoms with Crippen molar-refractivity contribution in [1.29, 1.82) is 0 Å². The first-order valence-corrected chi connectivity index (χ1v) is 8.68. The van der Waals surface area contributed by atoms with Crippen LogP contribution in [0.4, 0.5) is 0 Å². The fourth-order valence-electron chi connectivity index (χ4n) is 3.51. The average molecular weight is 290 g/mol. The van der Waals surface area contributed by atoms with E-state index in [1.807, 2.05) is 6.92 Å². The van der Waals surface area contributed by atoms with Gasteiger partial charge in [-0.3, -0.25) is 0 Å². The first kappa shape index (κ1) is 15.2. The molecule has 0 heterocycles. The predicted octanol–water partition coefficient (Wildman–Crippen LogP) is 1.51. The van der Waals surface area contributed by atoms with Crippen LogP contribution >= 0.6 is 0 Å². The molecule has 2 aliphatic rings. The van der Waals surface area contributed by atoms with E-state index in [-0.39, 0.29) is 17.6 Å². The molecule has 0 aromatic rings. The Hall–Kier alpha value is -0.170. The Morgan fingerprint density at radius 2 is 1.89 bits per heavy atom. The van der Waals surface area contributed by atoms with Crippen molar-refractivity contribution in [3.8, 4) is 0 Å². The lowest BCUT2D eigenvalue weighted by atomic mass is 9.55. The van der Waals surface area contributed by atoms with E-state index in [1.54, 1.807) is 14.1 Å². The summed E-state index contributed by atoms with van der Waals surface area (Å²) >= 11 is 0. The largest absolute Gasteiger partial charge is 0.378 e. The molecule has 0 bridgehead atoms. The quantitative estimate of drug-likeness (QED) is 0.835. The van der Waals surface area contributed by atoms with Crippen molar-refractivity contribution in [3.63, 3.8) is 0 Å². The van der Waals surface area contributed by atoms with Crippen LogP contribution in [0, 0.1) is 5.41 Å². The van der Waals surface area contributed by atoms with E-state index in [1.165, 1.54) is 23.6 Å². The topological polar surface area (TPSA) is 58.6 Å². The summed E-state index contributed by atoms with van der Waals surface area (Å²) in [7, 11) is -0.216. The second kappa shape index (κ2) is 5.68. The standard InChI is InChI=1S/C13H26N2O3S/c1-4-18-12-10-11(14-19(16,17)15(2)3)13(12)8-6-5-7-9-13/h11-12,14H,4-10H2,1-3H3/t11-,12+/m1/s1. The highest BCUT2D eigenvalue weighted by atomic mass is 32.2. The van der Waals surface area contributed by atoms with Crippen LogP contribution in [0.5, 0.6) is 0 Å². The number of ether oxygens (including phenoxy) is 1. The zero-order valence-corrected chi connectivity index (χ0v) is 13.0. The zero-order valence-electron chi connectivity index (χ0n) is 12.2. The average Bonchev–Trinajstić information content (AvgIpc) is 2.38. The van der Waals surface area contributed by atoms with E-state index < -0.39 is 10.2 Å². The maximum atomic E-state index is 12.0. The highest BCUT2D eigenvalue weighted by molar-refractivity contribution is 7.87. The molecule has 112 valence electrons. The summed E-state index contributed by atoms with van der Waals surface area (Å²) < 4.78 is 33.9. The molecule has 0 amide bonds. The van der Waals surface area contributed by atoms with Crippen LogP contribution in [0.2, 0.25) is 0 Å². The van der Waals surface area contributed by atoms with E-state index in [0.29, 0.717) is 6.61 Å². The lowest BCUT2D eigenvalue weighted by molar-refractivity contribution is -0.144. The lowest BCUT2D eigenvalue weighted by Crippen LogP contribution is -2.66. The minimum atomic E-state index is -3.34. The van der Waals surface area contributed by atoms with Gasteiger partial charge in [0.2, 0.25) is 0 Å². The summed E-state index contributed by atoms with van der Waals surface area (Å²) in [6, 6.07) is 0.0387. The molecule has 0 unspecified atom stereocenters. The van der Waals surface area contributed by atoms with Gasteiger partial charge in [-0.15, -0.1) is 0 Å². The maximum Gasteiger partial charge on any atom is 0.279 e. The second-order valence-corrected chi connectivity index (χ2v) is 7.85. The SMILES string of the molecule is CCO[C@H]1C[C@@H](NS(=O)(=O)N(C)C)C12CCCCC2. The van der Waals surface area contributed by atoms with E-state index in [0.717, 1.165) is 19.3 Å². The summed E-state index contributed by atoms with van der Waals surface area (Å²) in [6.07, 6.45) is 6.83. The fraction of sp³-hybridized carbons (Fsp3) is 1.00. The van der Waals surface area contributed by atoms with Crippen molar-refractivity contribution in [3.05, 3.63) is 0 Å². The van der Waals surface area contributed by atoms with Gasteiger partial charge in [0.1, 0.15) is 0 Å². The number of hydrogen-bond acceptors (Lipinski definition) is 3. The molecular weight excluding hydrogens is 264 g/mol. The molecule has 0 aromatic carbocycles. The van der Waals surface area contributed by atoms with Crippen LogP contribution in [-0.2, 0) is 14.9 Å². The monoisotopic (exact) mass is 290 g/mol. The van der Waals surface area contributed by atoms with E-state index in [2.05, 4.69) is 4.72 Å². The van der Waals surface area contributed by atoms with Gasteiger partial charge >= 0.3 is 0 Å².